The van der Waals surface area contributed by atoms with Crippen molar-refractivity contribution in [3.8, 4) is 17.1 Å². The molecule has 0 N–H and O–H groups in total. The summed E-state index contributed by atoms with van der Waals surface area (Å²) in [5, 5.41) is 4.35. The number of rotatable bonds is 2. The summed E-state index contributed by atoms with van der Waals surface area (Å²) in [6, 6.07) is 11.7. The molecule has 2 aromatic carbocycles. The van der Waals surface area contributed by atoms with Gasteiger partial charge >= 0.3 is 6.18 Å². The van der Waals surface area contributed by atoms with Gasteiger partial charge in [0.25, 0.3) is 0 Å². The van der Waals surface area contributed by atoms with Crippen LogP contribution in [0.15, 0.2) is 48.5 Å². The van der Waals surface area contributed by atoms with Gasteiger partial charge in [-0.25, -0.2) is 4.68 Å². The Morgan fingerprint density at radius 1 is 0.913 bits per heavy atom. The van der Waals surface area contributed by atoms with Gasteiger partial charge in [-0.2, -0.15) is 18.2 Å². The van der Waals surface area contributed by atoms with Crippen molar-refractivity contribution in [3.05, 3.63) is 64.4 Å². The highest BCUT2D eigenvalue weighted by Gasteiger charge is 2.34. The van der Waals surface area contributed by atoms with Crippen LogP contribution in [0, 0.1) is 0 Å². The maximum Gasteiger partial charge on any atom is 0.417 e. The van der Waals surface area contributed by atoms with Crippen LogP contribution in [0.1, 0.15) is 5.56 Å². The van der Waals surface area contributed by atoms with Crippen LogP contribution in [0.2, 0.25) is 10.3 Å². The van der Waals surface area contributed by atoms with E-state index in [1.54, 1.807) is 24.3 Å². The van der Waals surface area contributed by atoms with Crippen molar-refractivity contribution < 1.29 is 13.2 Å². The summed E-state index contributed by atoms with van der Waals surface area (Å²) in [6.45, 7) is 0. The molecule has 0 aliphatic heterocycles. The molecule has 0 radical (unpaired) electrons. The lowest BCUT2D eigenvalue weighted by atomic mass is 10.1. The van der Waals surface area contributed by atoms with E-state index >= 15 is 0 Å². The molecule has 1 heterocycles. The number of halogens is 5. The minimum atomic E-state index is -4.51. The van der Waals surface area contributed by atoms with Crippen molar-refractivity contribution >= 4 is 23.2 Å². The summed E-state index contributed by atoms with van der Waals surface area (Å²) in [7, 11) is 0. The quantitative estimate of drug-likeness (QED) is 0.626. The predicted octanol–water partition coefficient (Wildman–Crippen LogP) is 5.26. The number of hydrogen-bond acceptors (Lipinski definition) is 2. The van der Waals surface area contributed by atoms with Crippen LogP contribution in [-0.4, -0.2) is 14.8 Å². The summed E-state index contributed by atoms with van der Waals surface area (Å²) < 4.78 is 40.5. The molecular weight excluding hydrogens is 350 g/mol. The highest BCUT2D eigenvalue weighted by molar-refractivity contribution is 6.33. The third-order valence-electron chi connectivity index (χ3n) is 3.12. The Morgan fingerprint density at radius 3 is 2.26 bits per heavy atom. The fourth-order valence-electron chi connectivity index (χ4n) is 2.11. The molecular formula is C15H8Cl2F3N3. The molecule has 1 aromatic heterocycles. The molecule has 0 amide bonds. The number of hydrogen-bond donors (Lipinski definition) is 0. The number of aromatic nitrogens is 3. The normalized spacial score (nSPS) is 11.7. The first-order valence-corrected chi connectivity index (χ1v) is 7.17. The monoisotopic (exact) mass is 357 g/mol. The second kappa shape index (κ2) is 5.86. The molecule has 23 heavy (non-hydrogen) atoms. The first kappa shape index (κ1) is 15.8. The molecule has 8 heteroatoms. The lowest BCUT2D eigenvalue weighted by Gasteiger charge is -2.10. The molecule has 0 aliphatic carbocycles. The van der Waals surface area contributed by atoms with Crippen molar-refractivity contribution in [2.75, 3.05) is 0 Å². The molecule has 0 bridgehead atoms. The van der Waals surface area contributed by atoms with Crippen molar-refractivity contribution in [1.29, 1.82) is 0 Å². The van der Waals surface area contributed by atoms with Crippen LogP contribution in [0.5, 0.6) is 0 Å². The van der Waals surface area contributed by atoms with Crippen LogP contribution in [-0.2, 0) is 6.18 Å². The Bertz CT molecular complexity index is 859. The maximum absolute atomic E-state index is 13.1. The van der Waals surface area contributed by atoms with Crippen LogP contribution in [0.25, 0.3) is 17.1 Å². The average molecular weight is 358 g/mol. The van der Waals surface area contributed by atoms with E-state index in [1.807, 2.05) is 0 Å². The molecule has 3 nitrogen and oxygen atoms in total. The highest BCUT2D eigenvalue weighted by Crippen LogP contribution is 2.36. The van der Waals surface area contributed by atoms with Crippen molar-refractivity contribution in [1.82, 2.24) is 14.8 Å². The van der Waals surface area contributed by atoms with Gasteiger partial charge in [-0.1, -0.05) is 41.9 Å². The van der Waals surface area contributed by atoms with Gasteiger partial charge in [0.2, 0.25) is 5.28 Å². The largest absolute Gasteiger partial charge is 0.417 e. The fraction of sp³-hybridized carbons (Fsp3) is 0.0667. The minimum absolute atomic E-state index is 0.0786. The van der Waals surface area contributed by atoms with E-state index in [4.69, 9.17) is 23.2 Å². The average Bonchev–Trinajstić information content (AvgIpc) is 2.89. The third kappa shape index (κ3) is 3.04. The Balaban J connectivity index is 2.15. The first-order chi connectivity index (χ1) is 10.9. The molecule has 0 fully saturated rings. The van der Waals surface area contributed by atoms with Gasteiger partial charge < -0.3 is 0 Å². The topological polar surface area (TPSA) is 30.7 Å². The van der Waals surface area contributed by atoms with E-state index in [2.05, 4.69) is 10.1 Å². The van der Waals surface area contributed by atoms with Gasteiger partial charge in [-0.05, 0) is 29.8 Å². The Morgan fingerprint density at radius 2 is 1.57 bits per heavy atom. The van der Waals surface area contributed by atoms with Crippen LogP contribution in [0.3, 0.4) is 0 Å². The molecule has 0 aliphatic rings. The lowest BCUT2D eigenvalue weighted by molar-refractivity contribution is -0.137. The zero-order valence-corrected chi connectivity index (χ0v) is 12.9. The Labute approximate surface area is 139 Å². The van der Waals surface area contributed by atoms with E-state index < -0.39 is 11.7 Å². The molecule has 3 aromatic rings. The fourth-order valence-corrected chi connectivity index (χ4v) is 2.53. The van der Waals surface area contributed by atoms with Crippen LogP contribution in [0.4, 0.5) is 13.2 Å². The number of para-hydroxylation sites is 1. The first-order valence-electron chi connectivity index (χ1n) is 6.42. The van der Waals surface area contributed by atoms with E-state index in [-0.39, 0.29) is 16.7 Å². The van der Waals surface area contributed by atoms with Crippen LogP contribution < -0.4 is 0 Å². The second-order valence-electron chi connectivity index (χ2n) is 4.61. The van der Waals surface area contributed by atoms with Gasteiger partial charge in [0.05, 0.1) is 16.3 Å². The third-order valence-corrected chi connectivity index (χ3v) is 3.69. The van der Waals surface area contributed by atoms with E-state index in [0.29, 0.717) is 10.7 Å². The van der Waals surface area contributed by atoms with Crippen molar-refractivity contribution in [3.63, 3.8) is 0 Å². The summed E-state index contributed by atoms with van der Waals surface area (Å²) >= 11 is 12.1. The lowest BCUT2D eigenvalue weighted by Crippen LogP contribution is -2.07. The Hall–Kier alpha value is -2.05. The smallest absolute Gasteiger partial charge is 0.201 e. The number of nitrogens with zero attached hydrogens (tertiary/aromatic N) is 3. The van der Waals surface area contributed by atoms with Gasteiger partial charge in [0.15, 0.2) is 5.82 Å². The van der Waals surface area contributed by atoms with Gasteiger partial charge in [-0.3, -0.25) is 0 Å². The maximum atomic E-state index is 13.1. The second-order valence-corrected chi connectivity index (χ2v) is 5.36. The molecule has 0 spiro atoms. The Kier molecular flexibility index (Phi) is 4.04. The summed E-state index contributed by atoms with van der Waals surface area (Å²) in [4.78, 5) is 3.93. The molecule has 3 rings (SSSR count). The highest BCUT2D eigenvalue weighted by atomic mass is 35.5. The van der Waals surface area contributed by atoms with E-state index in [9.17, 15) is 13.2 Å². The molecule has 118 valence electrons. The van der Waals surface area contributed by atoms with Gasteiger partial charge in [-0.15, -0.1) is 5.10 Å². The molecule has 0 atom stereocenters. The van der Waals surface area contributed by atoms with E-state index in [1.165, 1.54) is 22.9 Å². The standard InChI is InChI=1S/C15H8Cl2F3N3/c16-11-7-3-4-8-12(11)23-14(17)21-13(22-23)9-5-1-2-6-10(9)15(18,19)20/h1-8H. The zero-order chi connectivity index (χ0) is 16.6. The summed E-state index contributed by atoms with van der Waals surface area (Å²) in [5.41, 5.74) is -0.539. The minimum Gasteiger partial charge on any atom is -0.201 e. The van der Waals surface area contributed by atoms with Gasteiger partial charge in [0.1, 0.15) is 0 Å². The molecule has 0 unspecified atom stereocenters. The number of alkyl halides is 3. The van der Waals surface area contributed by atoms with Crippen molar-refractivity contribution in [2.45, 2.75) is 6.18 Å². The number of benzene rings is 2. The summed E-state index contributed by atoms with van der Waals surface area (Å²) in [5.74, 6) is -0.122. The predicted molar refractivity (Wildman–Crippen MR) is 81.8 cm³/mol. The van der Waals surface area contributed by atoms with Gasteiger partial charge in [0, 0.05) is 5.56 Å². The van der Waals surface area contributed by atoms with Crippen molar-refractivity contribution in [2.24, 2.45) is 0 Å². The molecule has 0 saturated heterocycles. The molecule has 0 saturated carbocycles. The van der Waals surface area contributed by atoms with Crippen LogP contribution >= 0.6 is 23.2 Å². The van der Waals surface area contributed by atoms with E-state index in [0.717, 1.165) is 6.07 Å². The summed E-state index contributed by atoms with van der Waals surface area (Å²) in [6.07, 6.45) is -4.51. The zero-order valence-electron chi connectivity index (χ0n) is 11.4. The SMILES string of the molecule is FC(F)(F)c1ccccc1-c1nc(Cl)n(-c2ccccc2Cl)n1.